The molecule has 3 aromatic rings. The number of fused-ring (bicyclic) bond motifs is 1. The van der Waals surface area contributed by atoms with Crippen molar-refractivity contribution in [1.29, 1.82) is 0 Å². The first-order valence-electron chi connectivity index (χ1n) is 10.6. The van der Waals surface area contributed by atoms with Crippen molar-refractivity contribution in [3.8, 4) is 0 Å². The van der Waals surface area contributed by atoms with Crippen LogP contribution in [0.4, 0.5) is 5.69 Å². The summed E-state index contributed by atoms with van der Waals surface area (Å²) in [5.74, 6) is 1.39. The van der Waals surface area contributed by atoms with Gasteiger partial charge in [-0.05, 0) is 65.1 Å². The predicted molar refractivity (Wildman–Crippen MR) is 118 cm³/mol. The Bertz CT molecular complexity index is 875. The Morgan fingerprint density at radius 2 is 1.74 bits per heavy atom. The predicted octanol–water partition coefficient (Wildman–Crippen LogP) is 6.81. The van der Waals surface area contributed by atoms with Crippen LogP contribution in [0.25, 0.3) is 10.8 Å². The Balaban J connectivity index is 1.42. The molecule has 0 aliphatic carbocycles. The standard InChI is InChI=1S/C26H31N/c1-3-7-21-12-14-24(15-13-21)27-17-16-22(19-27)18-20(2)25-11-6-9-23-8-4-5-10-26(23)25/h4-6,8-15,20,22H,3,7,16-19H2,1-2H3/t20-,22+/m0/s1. The van der Waals surface area contributed by atoms with Gasteiger partial charge in [0.2, 0.25) is 0 Å². The summed E-state index contributed by atoms with van der Waals surface area (Å²) < 4.78 is 0. The minimum absolute atomic E-state index is 0.605. The zero-order valence-corrected chi connectivity index (χ0v) is 16.7. The van der Waals surface area contributed by atoms with Crippen molar-refractivity contribution in [3.05, 3.63) is 77.9 Å². The van der Waals surface area contributed by atoms with Crippen LogP contribution >= 0.6 is 0 Å². The summed E-state index contributed by atoms with van der Waals surface area (Å²) in [6.07, 6.45) is 4.99. The molecule has 1 saturated heterocycles. The molecule has 0 spiro atoms. The molecular weight excluding hydrogens is 326 g/mol. The molecule has 0 bridgehead atoms. The number of hydrogen-bond acceptors (Lipinski definition) is 1. The topological polar surface area (TPSA) is 3.24 Å². The molecule has 1 heteroatoms. The van der Waals surface area contributed by atoms with E-state index < -0.39 is 0 Å². The molecule has 1 heterocycles. The first-order chi connectivity index (χ1) is 13.2. The van der Waals surface area contributed by atoms with E-state index in [-0.39, 0.29) is 0 Å². The zero-order chi connectivity index (χ0) is 18.6. The number of nitrogens with zero attached hydrogens (tertiary/aromatic N) is 1. The highest BCUT2D eigenvalue weighted by molar-refractivity contribution is 5.86. The van der Waals surface area contributed by atoms with Crippen molar-refractivity contribution >= 4 is 16.5 Å². The van der Waals surface area contributed by atoms with E-state index in [1.807, 2.05) is 0 Å². The Morgan fingerprint density at radius 1 is 0.963 bits per heavy atom. The highest BCUT2D eigenvalue weighted by Crippen LogP contribution is 2.34. The highest BCUT2D eigenvalue weighted by atomic mass is 15.1. The molecule has 140 valence electrons. The summed E-state index contributed by atoms with van der Waals surface area (Å²) in [6, 6.07) is 24.8. The minimum Gasteiger partial charge on any atom is -0.371 e. The average molecular weight is 358 g/mol. The van der Waals surface area contributed by atoms with Gasteiger partial charge in [-0.15, -0.1) is 0 Å². The fourth-order valence-electron chi connectivity index (χ4n) is 4.73. The van der Waals surface area contributed by atoms with E-state index in [9.17, 15) is 0 Å². The lowest BCUT2D eigenvalue weighted by molar-refractivity contribution is 0.489. The van der Waals surface area contributed by atoms with Gasteiger partial charge in [-0.2, -0.15) is 0 Å². The highest BCUT2D eigenvalue weighted by Gasteiger charge is 2.25. The van der Waals surface area contributed by atoms with Crippen LogP contribution in [0, 0.1) is 5.92 Å². The second kappa shape index (κ2) is 8.17. The van der Waals surface area contributed by atoms with Crippen LogP contribution in [-0.2, 0) is 6.42 Å². The number of hydrogen-bond donors (Lipinski definition) is 0. The molecule has 0 radical (unpaired) electrons. The second-order valence-electron chi connectivity index (χ2n) is 8.22. The normalized spacial score (nSPS) is 18.1. The van der Waals surface area contributed by atoms with Gasteiger partial charge in [0.1, 0.15) is 0 Å². The van der Waals surface area contributed by atoms with Gasteiger partial charge in [0.05, 0.1) is 0 Å². The van der Waals surface area contributed by atoms with Crippen LogP contribution in [0.1, 0.15) is 50.2 Å². The Labute approximate surface area is 164 Å². The van der Waals surface area contributed by atoms with Crippen molar-refractivity contribution in [3.63, 3.8) is 0 Å². The lowest BCUT2D eigenvalue weighted by atomic mass is 9.87. The minimum atomic E-state index is 0.605. The van der Waals surface area contributed by atoms with Crippen molar-refractivity contribution < 1.29 is 0 Å². The second-order valence-corrected chi connectivity index (χ2v) is 8.22. The Hall–Kier alpha value is -2.28. The van der Waals surface area contributed by atoms with Crippen LogP contribution in [0.5, 0.6) is 0 Å². The van der Waals surface area contributed by atoms with E-state index in [1.54, 1.807) is 0 Å². The summed E-state index contributed by atoms with van der Waals surface area (Å²) in [5.41, 5.74) is 4.37. The van der Waals surface area contributed by atoms with E-state index in [0.29, 0.717) is 5.92 Å². The Morgan fingerprint density at radius 3 is 2.56 bits per heavy atom. The molecule has 1 aliphatic heterocycles. The van der Waals surface area contributed by atoms with Gasteiger partial charge in [-0.1, -0.05) is 74.9 Å². The third-order valence-corrected chi connectivity index (χ3v) is 6.17. The molecule has 0 N–H and O–H groups in total. The maximum Gasteiger partial charge on any atom is 0.0366 e. The van der Waals surface area contributed by atoms with Gasteiger partial charge < -0.3 is 4.90 Å². The molecule has 0 saturated carbocycles. The van der Waals surface area contributed by atoms with Gasteiger partial charge in [0.25, 0.3) is 0 Å². The third-order valence-electron chi connectivity index (χ3n) is 6.17. The third kappa shape index (κ3) is 4.03. The first-order valence-corrected chi connectivity index (χ1v) is 10.6. The molecule has 1 fully saturated rings. The SMILES string of the molecule is CCCc1ccc(N2CC[C@H](C[C@H](C)c3cccc4ccccc34)C2)cc1. The molecule has 27 heavy (non-hydrogen) atoms. The molecule has 0 amide bonds. The van der Waals surface area contributed by atoms with Crippen LogP contribution in [0.2, 0.25) is 0 Å². The molecule has 3 aromatic carbocycles. The maximum atomic E-state index is 2.58. The lowest BCUT2D eigenvalue weighted by Gasteiger charge is -2.21. The average Bonchev–Trinajstić information content (AvgIpc) is 3.17. The lowest BCUT2D eigenvalue weighted by Crippen LogP contribution is -2.20. The van der Waals surface area contributed by atoms with Crippen LogP contribution in [0.15, 0.2) is 66.7 Å². The molecule has 2 atom stereocenters. The van der Waals surface area contributed by atoms with E-state index in [2.05, 4.69) is 85.5 Å². The summed E-state index contributed by atoms with van der Waals surface area (Å²) >= 11 is 0. The van der Waals surface area contributed by atoms with Gasteiger partial charge >= 0.3 is 0 Å². The maximum absolute atomic E-state index is 2.58. The smallest absolute Gasteiger partial charge is 0.0366 e. The summed E-state index contributed by atoms with van der Waals surface area (Å²) in [6.45, 7) is 7.04. The largest absolute Gasteiger partial charge is 0.371 e. The Kier molecular flexibility index (Phi) is 5.48. The van der Waals surface area contributed by atoms with Crippen LogP contribution < -0.4 is 4.90 Å². The molecular formula is C26H31N. The number of aryl methyl sites for hydroxylation is 1. The molecule has 1 nitrogen and oxygen atoms in total. The molecule has 4 rings (SSSR count). The van der Waals surface area contributed by atoms with Crippen molar-refractivity contribution in [1.82, 2.24) is 0 Å². The van der Waals surface area contributed by atoms with E-state index in [1.165, 1.54) is 66.4 Å². The molecule has 0 aromatic heterocycles. The molecule has 1 aliphatic rings. The van der Waals surface area contributed by atoms with E-state index in [4.69, 9.17) is 0 Å². The summed E-state index contributed by atoms with van der Waals surface area (Å²) in [5, 5.41) is 2.79. The van der Waals surface area contributed by atoms with Gasteiger partial charge in [-0.3, -0.25) is 0 Å². The van der Waals surface area contributed by atoms with E-state index >= 15 is 0 Å². The quantitative estimate of drug-likeness (QED) is 0.468. The summed E-state index contributed by atoms with van der Waals surface area (Å²) in [4.78, 5) is 2.58. The monoisotopic (exact) mass is 357 g/mol. The van der Waals surface area contributed by atoms with E-state index in [0.717, 1.165) is 5.92 Å². The van der Waals surface area contributed by atoms with Crippen molar-refractivity contribution in [2.45, 2.75) is 45.4 Å². The van der Waals surface area contributed by atoms with Crippen molar-refractivity contribution in [2.75, 3.05) is 18.0 Å². The van der Waals surface area contributed by atoms with Gasteiger partial charge in [0, 0.05) is 18.8 Å². The number of anilines is 1. The van der Waals surface area contributed by atoms with Gasteiger partial charge in [-0.25, -0.2) is 0 Å². The zero-order valence-electron chi connectivity index (χ0n) is 16.7. The number of rotatable bonds is 6. The molecule has 0 unspecified atom stereocenters. The fraction of sp³-hybridized carbons (Fsp3) is 0.385. The van der Waals surface area contributed by atoms with Crippen LogP contribution in [-0.4, -0.2) is 13.1 Å². The summed E-state index contributed by atoms with van der Waals surface area (Å²) in [7, 11) is 0. The first kappa shape index (κ1) is 18.1. The van der Waals surface area contributed by atoms with Crippen molar-refractivity contribution in [2.24, 2.45) is 5.92 Å². The van der Waals surface area contributed by atoms with Crippen LogP contribution in [0.3, 0.4) is 0 Å². The number of benzene rings is 3. The van der Waals surface area contributed by atoms with Gasteiger partial charge in [0.15, 0.2) is 0 Å². The fourth-order valence-corrected chi connectivity index (χ4v) is 4.73.